The third kappa shape index (κ3) is 3.98. The van der Waals surface area contributed by atoms with Crippen molar-refractivity contribution >= 4 is 28.4 Å². The van der Waals surface area contributed by atoms with Crippen molar-refractivity contribution in [3.8, 4) is 11.3 Å². The molecule has 0 aliphatic rings. The average Bonchev–Trinajstić information content (AvgIpc) is 3.15. The summed E-state index contributed by atoms with van der Waals surface area (Å²) in [6.45, 7) is 0. The molecule has 0 radical (unpaired) electrons. The molecule has 2 heterocycles. The summed E-state index contributed by atoms with van der Waals surface area (Å²) < 4.78 is 0. The van der Waals surface area contributed by atoms with Crippen molar-refractivity contribution in [3.63, 3.8) is 0 Å². The first-order valence-corrected chi connectivity index (χ1v) is 10.8. The van der Waals surface area contributed by atoms with Crippen molar-refractivity contribution in [2.75, 3.05) is 5.73 Å². The predicted molar refractivity (Wildman–Crippen MR) is 126 cm³/mol. The van der Waals surface area contributed by atoms with Gasteiger partial charge in [0.25, 0.3) is 5.56 Å². The molecule has 0 unspecified atom stereocenters. The van der Waals surface area contributed by atoms with E-state index in [-0.39, 0.29) is 5.56 Å². The Kier molecular flexibility index (Phi) is 5.06. The molecule has 152 valence electrons. The Morgan fingerprint density at radius 1 is 0.871 bits per heavy atom. The van der Waals surface area contributed by atoms with Crippen molar-refractivity contribution in [2.24, 2.45) is 0 Å². The number of H-pyrrole nitrogens is 2. The van der Waals surface area contributed by atoms with Crippen molar-refractivity contribution in [1.29, 1.82) is 0 Å². The molecule has 0 fully saturated rings. The van der Waals surface area contributed by atoms with Gasteiger partial charge in [-0.1, -0.05) is 60.3 Å². The zero-order chi connectivity index (χ0) is 21.2. The highest BCUT2D eigenvalue weighted by atomic mass is 32.2. The lowest BCUT2D eigenvalue weighted by atomic mass is 10.0. The van der Waals surface area contributed by atoms with Gasteiger partial charge in [0.2, 0.25) is 0 Å². The van der Waals surface area contributed by atoms with Crippen LogP contribution in [0.4, 0.5) is 5.69 Å². The van der Waals surface area contributed by atoms with Crippen molar-refractivity contribution in [1.82, 2.24) is 15.2 Å². The first kappa shape index (κ1) is 19.2. The number of rotatable bonds is 5. The van der Waals surface area contributed by atoms with Crippen LogP contribution in [-0.4, -0.2) is 15.2 Å². The van der Waals surface area contributed by atoms with Crippen LogP contribution in [0.3, 0.4) is 0 Å². The zero-order valence-electron chi connectivity index (χ0n) is 16.6. The monoisotopic (exact) mass is 424 g/mol. The second-order valence-electron chi connectivity index (χ2n) is 7.29. The molecule has 0 saturated carbocycles. The van der Waals surface area contributed by atoms with E-state index in [2.05, 4.69) is 16.3 Å². The molecule has 4 N–H and O–H groups in total. The van der Waals surface area contributed by atoms with Gasteiger partial charge in [0, 0.05) is 27.3 Å². The molecule has 0 bridgehead atoms. The van der Waals surface area contributed by atoms with Crippen LogP contribution < -0.4 is 11.3 Å². The number of nitrogens with one attached hydrogen (secondary N) is 2. The summed E-state index contributed by atoms with van der Waals surface area (Å²) in [5.74, 6) is 0. The maximum atomic E-state index is 12.7. The van der Waals surface area contributed by atoms with Crippen LogP contribution in [0.25, 0.3) is 22.2 Å². The number of aromatic nitrogens is 3. The number of hydrogen-bond acceptors (Lipinski definition) is 4. The molecule has 0 aliphatic heterocycles. The quantitative estimate of drug-likeness (QED) is 0.337. The fraction of sp³-hybridized carbons (Fsp3) is 0.0400. The van der Waals surface area contributed by atoms with Crippen LogP contribution in [0, 0.1) is 0 Å². The molecule has 0 atom stereocenters. The summed E-state index contributed by atoms with van der Waals surface area (Å²) in [5, 5.41) is 6.83. The first-order chi connectivity index (χ1) is 15.2. The highest BCUT2D eigenvalue weighted by Gasteiger charge is 2.17. The van der Waals surface area contributed by atoms with Gasteiger partial charge in [-0.25, -0.2) is 4.98 Å². The van der Waals surface area contributed by atoms with E-state index in [4.69, 9.17) is 10.7 Å². The number of aromatic amines is 2. The number of hydrogen-bond donors (Lipinski definition) is 3. The van der Waals surface area contributed by atoms with E-state index in [1.54, 1.807) is 11.8 Å². The summed E-state index contributed by atoms with van der Waals surface area (Å²) >= 11 is 1.63. The summed E-state index contributed by atoms with van der Waals surface area (Å²) in [6.07, 6.45) is 0.615. The van der Waals surface area contributed by atoms with Crippen molar-refractivity contribution in [2.45, 2.75) is 16.2 Å². The van der Waals surface area contributed by atoms with Crippen LogP contribution in [0.5, 0.6) is 0 Å². The predicted octanol–water partition coefficient (Wildman–Crippen LogP) is 5.24. The van der Waals surface area contributed by atoms with Crippen molar-refractivity contribution < 1.29 is 0 Å². The van der Waals surface area contributed by atoms with Crippen molar-refractivity contribution in [3.05, 3.63) is 107 Å². The average molecular weight is 425 g/mol. The number of nitrogens with zero attached hydrogens (tertiary/aromatic N) is 1. The van der Waals surface area contributed by atoms with E-state index in [0.717, 1.165) is 37.6 Å². The van der Waals surface area contributed by atoms with Crippen LogP contribution in [-0.2, 0) is 6.42 Å². The highest BCUT2D eigenvalue weighted by Crippen LogP contribution is 2.36. The van der Waals surface area contributed by atoms with Gasteiger partial charge in [0.15, 0.2) is 0 Å². The van der Waals surface area contributed by atoms with E-state index >= 15 is 0 Å². The SMILES string of the molecule is Nc1ccc(Sc2cc(-c3c(Cc4ccccc4)[nH][nH]c3=O)nc3ccccc23)cc1. The van der Waals surface area contributed by atoms with Gasteiger partial charge in [-0.3, -0.25) is 9.89 Å². The Balaban J connectivity index is 1.62. The number of nitrogens with two attached hydrogens (primary N) is 1. The lowest BCUT2D eigenvalue weighted by Gasteiger charge is -2.10. The van der Waals surface area contributed by atoms with E-state index in [1.807, 2.05) is 78.9 Å². The zero-order valence-corrected chi connectivity index (χ0v) is 17.4. The normalized spacial score (nSPS) is 11.1. The number of anilines is 1. The van der Waals surface area contributed by atoms with Gasteiger partial charge in [-0.2, -0.15) is 0 Å². The number of para-hydroxylation sites is 1. The summed E-state index contributed by atoms with van der Waals surface area (Å²) in [5.41, 5.74) is 10.4. The summed E-state index contributed by atoms with van der Waals surface area (Å²) in [4.78, 5) is 19.7. The molecular weight excluding hydrogens is 404 g/mol. The third-order valence-electron chi connectivity index (χ3n) is 5.12. The lowest BCUT2D eigenvalue weighted by Crippen LogP contribution is -2.04. The van der Waals surface area contributed by atoms with Crippen LogP contribution >= 0.6 is 11.8 Å². The molecule has 5 aromatic rings. The number of pyridine rings is 1. The summed E-state index contributed by atoms with van der Waals surface area (Å²) in [6, 6.07) is 27.8. The van der Waals surface area contributed by atoms with E-state index < -0.39 is 0 Å². The minimum atomic E-state index is -0.169. The number of nitrogen functional groups attached to an aromatic ring is 1. The van der Waals surface area contributed by atoms with Gasteiger partial charge >= 0.3 is 0 Å². The summed E-state index contributed by atoms with van der Waals surface area (Å²) in [7, 11) is 0. The second-order valence-corrected chi connectivity index (χ2v) is 8.40. The van der Waals surface area contributed by atoms with Crippen LogP contribution in [0.2, 0.25) is 0 Å². The Morgan fingerprint density at radius 3 is 2.42 bits per heavy atom. The van der Waals surface area contributed by atoms with Gasteiger partial charge in [0.1, 0.15) is 0 Å². The lowest BCUT2D eigenvalue weighted by molar-refractivity contribution is 0.983. The van der Waals surface area contributed by atoms with E-state index in [1.165, 1.54) is 0 Å². The van der Waals surface area contributed by atoms with E-state index in [0.29, 0.717) is 17.7 Å². The topological polar surface area (TPSA) is 87.6 Å². The molecule has 0 saturated heterocycles. The maximum absolute atomic E-state index is 12.7. The molecular formula is C25H20N4OS. The molecule has 3 aromatic carbocycles. The van der Waals surface area contributed by atoms with Crippen LogP contribution in [0.15, 0.2) is 99.5 Å². The molecule has 0 amide bonds. The van der Waals surface area contributed by atoms with Crippen LogP contribution in [0.1, 0.15) is 11.3 Å². The highest BCUT2D eigenvalue weighted by molar-refractivity contribution is 7.99. The number of fused-ring (bicyclic) bond motifs is 1. The standard InChI is InChI=1S/C25H20N4OS/c26-17-10-12-18(13-11-17)31-23-15-21(27-20-9-5-4-8-19(20)23)24-22(28-29-25(24)30)14-16-6-2-1-3-7-16/h1-13,15H,14,26H2,(H2,28,29,30). The molecule has 6 heteroatoms. The smallest absolute Gasteiger partial charge is 0.273 e. The molecule has 31 heavy (non-hydrogen) atoms. The van der Waals surface area contributed by atoms with Gasteiger partial charge < -0.3 is 10.8 Å². The molecule has 5 nitrogen and oxygen atoms in total. The van der Waals surface area contributed by atoms with E-state index in [9.17, 15) is 4.79 Å². The minimum Gasteiger partial charge on any atom is -0.399 e. The Morgan fingerprint density at radius 2 is 1.61 bits per heavy atom. The molecule has 0 spiro atoms. The number of benzene rings is 3. The molecule has 2 aromatic heterocycles. The molecule has 5 rings (SSSR count). The maximum Gasteiger partial charge on any atom is 0.273 e. The Bertz CT molecular complexity index is 1410. The van der Waals surface area contributed by atoms with Gasteiger partial charge in [-0.15, -0.1) is 0 Å². The van der Waals surface area contributed by atoms with Gasteiger partial charge in [-0.05, 0) is 42.0 Å². The Labute approximate surface area is 183 Å². The second kappa shape index (κ2) is 8.16. The minimum absolute atomic E-state index is 0.169. The Hall–Kier alpha value is -3.77. The largest absolute Gasteiger partial charge is 0.399 e. The third-order valence-corrected chi connectivity index (χ3v) is 6.19. The fourth-order valence-corrected chi connectivity index (χ4v) is 4.60. The molecule has 0 aliphatic carbocycles. The van der Waals surface area contributed by atoms with Gasteiger partial charge in [0.05, 0.1) is 22.5 Å². The first-order valence-electron chi connectivity index (χ1n) is 9.94. The fourth-order valence-electron chi connectivity index (χ4n) is 3.62.